The van der Waals surface area contributed by atoms with Crippen LogP contribution in [0.25, 0.3) is 10.8 Å². The fraction of sp³-hybridized carbons (Fsp3) is 0.500. The largest absolute Gasteiger partial charge is 0.418 e. The van der Waals surface area contributed by atoms with Crippen LogP contribution in [0, 0.1) is 6.92 Å². The molecule has 1 saturated carbocycles. The fourth-order valence-electron chi connectivity index (χ4n) is 1.44. The van der Waals surface area contributed by atoms with E-state index in [1.54, 1.807) is 5.51 Å². The van der Waals surface area contributed by atoms with Crippen molar-refractivity contribution in [3.8, 4) is 10.8 Å². The highest BCUT2D eigenvalue weighted by atomic mass is 32.1. The molecule has 0 atom stereocenters. The van der Waals surface area contributed by atoms with Gasteiger partial charge in [-0.3, -0.25) is 0 Å². The minimum absolute atomic E-state index is 0.576. The zero-order valence-corrected chi connectivity index (χ0v) is 9.75. The van der Waals surface area contributed by atoms with Crippen LogP contribution in [-0.2, 0) is 6.54 Å². The molecule has 0 aromatic carbocycles. The van der Waals surface area contributed by atoms with Gasteiger partial charge in [-0.2, -0.15) is 0 Å². The molecule has 1 aliphatic rings. The van der Waals surface area contributed by atoms with Gasteiger partial charge < -0.3 is 9.73 Å². The first kappa shape index (κ1) is 9.92. The Morgan fingerprint density at radius 2 is 2.38 bits per heavy atom. The number of nitrogens with one attached hydrogen (secondary N) is 1. The number of rotatable bonds is 4. The molecular weight excluding hydrogens is 224 g/mol. The first-order chi connectivity index (χ1) is 7.83. The van der Waals surface area contributed by atoms with Crippen molar-refractivity contribution >= 4 is 11.3 Å². The maximum Gasteiger partial charge on any atom is 0.259 e. The van der Waals surface area contributed by atoms with Crippen molar-refractivity contribution in [2.24, 2.45) is 0 Å². The molecule has 0 radical (unpaired) electrons. The molecule has 16 heavy (non-hydrogen) atoms. The summed E-state index contributed by atoms with van der Waals surface area (Å²) in [6.07, 6.45) is 2.52. The number of aryl methyl sites for hydroxylation is 1. The van der Waals surface area contributed by atoms with E-state index in [-0.39, 0.29) is 0 Å². The molecule has 0 spiro atoms. The molecule has 1 N–H and O–H groups in total. The average Bonchev–Trinajstić information content (AvgIpc) is 2.82. The predicted molar refractivity (Wildman–Crippen MR) is 60.0 cm³/mol. The average molecular weight is 236 g/mol. The number of hydrogen-bond acceptors (Lipinski definition) is 6. The third kappa shape index (κ3) is 1.98. The van der Waals surface area contributed by atoms with Gasteiger partial charge in [-0.15, -0.1) is 21.5 Å². The van der Waals surface area contributed by atoms with Crippen LogP contribution in [0.1, 0.15) is 24.4 Å². The molecule has 84 valence electrons. The minimum Gasteiger partial charge on any atom is -0.418 e. The summed E-state index contributed by atoms with van der Waals surface area (Å²) < 4.78 is 5.57. The molecule has 0 saturated heterocycles. The number of hydrogen-bond donors (Lipinski definition) is 1. The van der Waals surface area contributed by atoms with E-state index in [0.29, 0.717) is 24.4 Å². The van der Waals surface area contributed by atoms with Gasteiger partial charge in [0, 0.05) is 6.04 Å². The maximum atomic E-state index is 5.57. The van der Waals surface area contributed by atoms with Crippen molar-refractivity contribution in [3.05, 3.63) is 17.1 Å². The first-order valence-corrected chi connectivity index (χ1v) is 6.17. The van der Waals surface area contributed by atoms with E-state index in [1.165, 1.54) is 24.2 Å². The maximum absolute atomic E-state index is 5.57. The molecule has 2 heterocycles. The summed E-state index contributed by atoms with van der Waals surface area (Å²) in [7, 11) is 0. The van der Waals surface area contributed by atoms with Gasteiger partial charge in [0.1, 0.15) is 4.88 Å². The monoisotopic (exact) mass is 236 g/mol. The Morgan fingerprint density at radius 3 is 3.06 bits per heavy atom. The van der Waals surface area contributed by atoms with Crippen LogP contribution in [0.4, 0.5) is 0 Å². The molecule has 0 bridgehead atoms. The van der Waals surface area contributed by atoms with Gasteiger partial charge in [-0.05, 0) is 19.8 Å². The smallest absolute Gasteiger partial charge is 0.259 e. The van der Waals surface area contributed by atoms with Crippen molar-refractivity contribution in [2.75, 3.05) is 0 Å². The number of aromatic nitrogens is 3. The normalized spacial score (nSPS) is 15.6. The van der Waals surface area contributed by atoms with Gasteiger partial charge >= 0.3 is 0 Å². The Bertz CT molecular complexity index is 488. The molecule has 5 nitrogen and oxygen atoms in total. The summed E-state index contributed by atoms with van der Waals surface area (Å²) in [4.78, 5) is 5.12. The number of thiazole rings is 1. The molecular formula is C10H12N4OS. The molecule has 6 heteroatoms. The van der Waals surface area contributed by atoms with Crippen molar-refractivity contribution in [3.63, 3.8) is 0 Å². The Balaban J connectivity index is 1.74. The summed E-state index contributed by atoms with van der Waals surface area (Å²) in [5.41, 5.74) is 2.73. The second-order valence-electron chi connectivity index (χ2n) is 3.92. The summed E-state index contributed by atoms with van der Waals surface area (Å²) in [6, 6.07) is 0.653. The Hall–Kier alpha value is -1.27. The van der Waals surface area contributed by atoms with E-state index in [9.17, 15) is 0 Å². The minimum atomic E-state index is 0.576. The zero-order chi connectivity index (χ0) is 11.0. The van der Waals surface area contributed by atoms with Crippen LogP contribution < -0.4 is 5.32 Å². The molecule has 2 aromatic heterocycles. The lowest BCUT2D eigenvalue weighted by atomic mass is 10.4. The van der Waals surface area contributed by atoms with E-state index in [0.717, 1.165) is 10.6 Å². The molecule has 2 aromatic rings. The van der Waals surface area contributed by atoms with E-state index < -0.39 is 0 Å². The van der Waals surface area contributed by atoms with Gasteiger partial charge in [-0.25, -0.2) is 4.98 Å². The third-order valence-electron chi connectivity index (χ3n) is 2.53. The molecule has 0 amide bonds. The van der Waals surface area contributed by atoms with Crippen LogP contribution >= 0.6 is 11.3 Å². The van der Waals surface area contributed by atoms with E-state index >= 15 is 0 Å². The van der Waals surface area contributed by atoms with Gasteiger partial charge in [0.15, 0.2) is 0 Å². The quantitative estimate of drug-likeness (QED) is 0.876. The summed E-state index contributed by atoms with van der Waals surface area (Å²) in [5.74, 6) is 1.22. The van der Waals surface area contributed by atoms with E-state index in [4.69, 9.17) is 4.42 Å². The van der Waals surface area contributed by atoms with Crippen LogP contribution in [0.15, 0.2) is 9.93 Å². The Morgan fingerprint density at radius 1 is 1.50 bits per heavy atom. The predicted octanol–water partition coefficient (Wildman–Crippen LogP) is 1.75. The van der Waals surface area contributed by atoms with Crippen molar-refractivity contribution < 1.29 is 4.42 Å². The van der Waals surface area contributed by atoms with Crippen molar-refractivity contribution in [1.29, 1.82) is 0 Å². The highest BCUT2D eigenvalue weighted by Gasteiger charge is 2.21. The molecule has 1 aliphatic carbocycles. The van der Waals surface area contributed by atoms with Crippen LogP contribution in [0.5, 0.6) is 0 Å². The zero-order valence-electron chi connectivity index (χ0n) is 8.93. The molecule has 0 unspecified atom stereocenters. The van der Waals surface area contributed by atoms with Crippen molar-refractivity contribution in [1.82, 2.24) is 20.5 Å². The van der Waals surface area contributed by atoms with E-state index in [1.807, 2.05) is 6.92 Å². The fourth-order valence-corrected chi connectivity index (χ4v) is 2.17. The lowest BCUT2D eigenvalue weighted by molar-refractivity contribution is 0.477. The summed E-state index contributed by atoms with van der Waals surface area (Å²) >= 11 is 1.52. The first-order valence-electron chi connectivity index (χ1n) is 5.29. The highest BCUT2D eigenvalue weighted by molar-refractivity contribution is 7.13. The Labute approximate surface area is 96.9 Å². The topological polar surface area (TPSA) is 63.8 Å². The molecule has 3 rings (SSSR count). The van der Waals surface area contributed by atoms with Gasteiger partial charge in [-0.1, -0.05) is 0 Å². The highest BCUT2D eigenvalue weighted by Crippen LogP contribution is 2.26. The lowest BCUT2D eigenvalue weighted by Crippen LogP contribution is -2.15. The van der Waals surface area contributed by atoms with Crippen LogP contribution in [0.2, 0.25) is 0 Å². The van der Waals surface area contributed by atoms with Crippen molar-refractivity contribution in [2.45, 2.75) is 32.4 Å². The Kier molecular flexibility index (Phi) is 2.45. The van der Waals surface area contributed by atoms with Gasteiger partial charge in [0.2, 0.25) is 5.89 Å². The second-order valence-corrected chi connectivity index (χ2v) is 4.78. The molecule has 1 fully saturated rings. The standard InChI is InChI=1S/C10H12N4OS/c1-6-9(16-5-12-6)10-14-13-8(15-10)4-11-7-2-3-7/h5,7,11H,2-4H2,1H3. The SMILES string of the molecule is Cc1ncsc1-c1nnc(CNC2CC2)o1. The summed E-state index contributed by atoms with van der Waals surface area (Å²) in [6.45, 7) is 2.60. The third-order valence-corrected chi connectivity index (χ3v) is 3.44. The van der Waals surface area contributed by atoms with E-state index in [2.05, 4.69) is 20.5 Å². The molecule has 0 aliphatic heterocycles. The summed E-state index contributed by atoms with van der Waals surface area (Å²) in [5, 5.41) is 11.4. The lowest BCUT2D eigenvalue weighted by Gasteiger charge is -1.95. The van der Waals surface area contributed by atoms with Crippen LogP contribution in [0.3, 0.4) is 0 Å². The second kappa shape index (κ2) is 3.95. The van der Waals surface area contributed by atoms with Crippen LogP contribution in [-0.4, -0.2) is 21.2 Å². The van der Waals surface area contributed by atoms with Gasteiger partial charge in [0.05, 0.1) is 17.7 Å². The number of nitrogens with zero attached hydrogens (tertiary/aromatic N) is 3. The van der Waals surface area contributed by atoms with Gasteiger partial charge in [0.25, 0.3) is 5.89 Å².